The van der Waals surface area contributed by atoms with Crippen LogP contribution in [0.4, 0.5) is 0 Å². The van der Waals surface area contributed by atoms with Gasteiger partial charge in [-0.2, -0.15) is 0 Å². The van der Waals surface area contributed by atoms with Gasteiger partial charge in [-0.15, -0.1) is 0 Å². The van der Waals surface area contributed by atoms with Gasteiger partial charge in [0.2, 0.25) is 0 Å². The molecule has 0 amide bonds. The molecule has 2 nitrogen and oxygen atoms in total. The molecular weight excluding hydrogens is 176 g/mol. The van der Waals surface area contributed by atoms with Gasteiger partial charge in [0.25, 0.3) is 0 Å². The fourth-order valence-corrected chi connectivity index (χ4v) is 1.54. The molecule has 2 heteroatoms. The molecule has 2 rings (SSSR count). The summed E-state index contributed by atoms with van der Waals surface area (Å²) in [4.78, 5) is 0. The molecule has 0 saturated carbocycles. The summed E-state index contributed by atoms with van der Waals surface area (Å²) in [5, 5.41) is 10.7. The lowest BCUT2D eigenvalue weighted by Crippen LogP contribution is -1.74. The molecule has 0 aliphatic heterocycles. The number of aromatic hydroxyl groups is 1. The Labute approximate surface area is 82.5 Å². The smallest absolute Gasteiger partial charge is 0.137 e. The van der Waals surface area contributed by atoms with E-state index in [0.717, 1.165) is 22.3 Å². The van der Waals surface area contributed by atoms with Crippen LogP contribution in [0.5, 0.6) is 5.75 Å². The lowest BCUT2D eigenvalue weighted by atomic mass is 10.1. The van der Waals surface area contributed by atoms with Crippen molar-refractivity contribution in [2.24, 2.45) is 0 Å². The van der Waals surface area contributed by atoms with Crippen LogP contribution in [0.1, 0.15) is 18.2 Å². The van der Waals surface area contributed by atoms with E-state index in [9.17, 15) is 5.11 Å². The number of furan rings is 1. The molecule has 1 heterocycles. The van der Waals surface area contributed by atoms with E-state index in [1.165, 1.54) is 0 Å². The van der Waals surface area contributed by atoms with E-state index in [0.29, 0.717) is 0 Å². The maximum absolute atomic E-state index is 9.64. The monoisotopic (exact) mass is 188 g/mol. The minimum Gasteiger partial charge on any atom is -0.507 e. The molecule has 1 aromatic carbocycles. The zero-order valence-corrected chi connectivity index (χ0v) is 8.24. The fraction of sp³-hybridized carbons (Fsp3) is 0.167. The van der Waals surface area contributed by atoms with Crippen molar-refractivity contribution in [1.82, 2.24) is 0 Å². The normalized spacial score (nSPS) is 11.6. The van der Waals surface area contributed by atoms with Crippen LogP contribution in [0, 0.1) is 6.92 Å². The SMILES string of the molecule is C/C=C/c1cc2cc(C)oc2cc1O. The van der Waals surface area contributed by atoms with Crippen LogP contribution in [0.3, 0.4) is 0 Å². The molecule has 0 atom stereocenters. The number of aryl methyl sites for hydroxylation is 1. The van der Waals surface area contributed by atoms with Gasteiger partial charge in [-0.3, -0.25) is 0 Å². The number of fused-ring (bicyclic) bond motifs is 1. The van der Waals surface area contributed by atoms with E-state index in [1.54, 1.807) is 6.07 Å². The Morgan fingerprint density at radius 3 is 2.79 bits per heavy atom. The predicted molar refractivity (Wildman–Crippen MR) is 57.3 cm³/mol. The van der Waals surface area contributed by atoms with Crippen molar-refractivity contribution >= 4 is 17.0 Å². The summed E-state index contributed by atoms with van der Waals surface area (Å²) < 4.78 is 5.40. The Hall–Kier alpha value is -1.70. The molecule has 0 radical (unpaired) electrons. The van der Waals surface area contributed by atoms with Gasteiger partial charge < -0.3 is 9.52 Å². The Morgan fingerprint density at radius 2 is 2.07 bits per heavy atom. The van der Waals surface area contributed by atoms with E-state index in [1.807, 2.05) is 38.1 Å². The van der Waals surface area contributed by atoms with Crippen molar-refractivity contribution in [3.63, 3.8) is 0 Å². The van der Waals surface area contributed by atoms with Crippen molar-refractivity contribution in [2.75, 3.05) is 0 Å². The van der Waals surface area contributed by atoms with Crippen molar-refractivity contribution in [3.05, 3.63) is 35.6 Å². The van der Waals surface area contributed by atoms with E-state index >= 15 is 0 Å². The maximum Gasteiger partial charge on any atom is 0.137 e. The minimum atomic E-state index is 0.255. The Morgan fingerprint density at radius 1 is 1.29 bits per heavy atom. The zero-order valence-electron chi connectivity index (χ0n) is 8.24. The minimum absolute atomic E-state index is 0.255. The second-order valence-electron chi connectivity index (χ2n) is 3.31. The van der Waals surface area contributed by atoms with Crippen LogP contribution in [-0.2, 0) is 0 Å². The molecule has 0 spiro atoms. The van der Waals surface area contributed by atoms with Gasteiger partial charge >= 0.3 is 0 Å². The summed E-state index contributed by atoms with van der Waals surface area (Å²) in [7, 11) is 0. The molecule has 2 aromatic rings. The highest BCUT2D eigenvalue weighted by Crippen LogP contribution is 2.28. The largest absolute Gasteiger partial charge is 0.507 e. The zero-order chi connectivity index (χ0) is 10.1. The third-order valence-corrected chi connectivity index (χ3v) is 2.14. The third kappa shape index (κ3) is 1.39. The Kier molecular flexibility index (Phi) is 2.04. The summed E-state index contributed by atoms with van der Waals surface area (Å²) in [6, 6.07) is 5.53. The highest BCUT2D eigenvalue weighted by Gasteiger charge is 2.04. The van der Waals surface area contributed by atoms with Crippen LogP contribution in [-0.4, -0.2) is 5.11 Å². The number of rotatable bonds is 1. The van der Waals surface area contributed by atoms with Gasteiger partial charge in [0.1, 0.15) is 17.1 Å². The summed E-state index contributed by atoms with van der Waals surface area (Å²) >= 11 is 0. The average Bonchev–Trinajstić information content (AvgIpc) is 2.45. The molecule has 1 N–H and O–H groups in total. The third-order valence-electron chi connectivity index (χ3n) is 2.14. The lowest BCUT2D eigenvalue weighted by Gasteiger charge is -1.97. The number of hydrogen-bond donors (Lipinski definition) is 1. The fourth-order valence-electron chi connectivity index (χ4n) is 1.54. The Balaban J connectivity index is 2.69. The molecule has 1 aromatic heterocycles. The van der Waals surface area contributed by atoms with Crippen LogP contribution >= 0.6 is 0 Å². The van der Waals surface area contributed by atoms with Gasteiger partial charge in [-0.1, -0.05) is 12.2 Å². The summed E-state index contributed by atoms with van der Waals surface area (Å²) in [5.74, 6) is 1.11. The van der Waals surface area contributed by atoms with Crippen LogP contribution < -0.4 is 0 Å². The summed E-state index contributed by atoms with van der Waals surface area (Å²) in [5.41, 5.74) is 1.55. The number of phenols is 1. The molecular formula is C12H12O2. The van der Waals surface area contributed by atoms with Gasteiger partial charge in [-0.05, 0) is 26.0 Å². The summed E-state index contributed by atoms with van der Waals surface area (Å²) in [6.45, 7) is 3.82. The van der Waals surface area contributed by atoms with Crippen LogP contribution in [0.15, 0.2) is 28.7 Å². The molecule has 0 saturated heterocycles. The van der Waals surface area contributed by atoms with Crippen LogP contribution in [0.2, 0.25) is 0 Å². The molecule has 0 bridgehead atoms. The molecule has 14 heavy (non-hydrogen) atoms. The number of benzene rings is 1. The van der Waals surface area contributed by atoms with Gasteiger partial charge in [0, 0.05) is 17.0 Å². The van der Waals surface area contributed by atoms with E-state index < -0.39 is 0 Å². The standard InChI is InChI=1S/C12H12O2/c1-3-4-9-6-10-5-8(2)14-12(10)7-11(9)13/h3-7,13H,1-2H3/b4-3+. The maximum atomic E-state index is 9.64. The quantitative estimate of drug-likeness (QED) is 0.743. The highest BCUT2D eigenvalue weighted by molar-refractivity contribution is 5.83. The predicted octanol–water partition coefficient (Wildman–Crippen LogP) is 3.48. The van der Waals surface area contributed by atoms with Crippen LogP contribution in [0.25, 0.3) is 17.0 Å². The molecule has 72 valence electrons. The van der Waals surface area contributed by atoms with E-state index in [-0.39, 0.29) is 5.75 Å². The first-order valence-corrected chi connectivity index (χ1v) is 4.56. The molecule has 0 aliphatic carbocycles. The first kappa shape index (κ1) is 8.88. The second kappa shape index (κ2) is 3.22. The van der Waals surface area contributed by atoms with E-state index in [2.05, 4.69) is 0 Å². The average molecular weight is 188 g/mol. The molecule has 0 fully saturated rings. The van der Waals surface area contributed by atoms with Crippen molar-refractivity contribution in [3.8, 4) is 5.75 Å². The molecule has 0 unspecified atom stereocenters. The number of phenolic OH excluding ortho intramolecular Hbond substituents is 1. The Bertz CT molecular complexity index is 492. The van der Waals surface area contributed by atoms with Crippen molar-refractivity contribution in [2.45, 2.75) is 13.8 Å². The number of hydrogen-bond acceptors (Lipinski definition) is 2. The first-order chi connectivity index (χ1) is 6.70. The highest BCUT2D eigenvalue weighted by atomic mass is 16.3. The van der Waals surface area contributed by atoms with Gasteiger partial charge in [-0.25, -0.2) is 0 Å². The number of allylic oxidation sites excluding steroid dienone is 1. The summed E-state index contributed by atoms with van der Waals surface area (Å²) in [6.07, 6.45) is 3.77. The van der Waals surface area contributed by atoms with Gasteiger partial charge in [0.05, 0.1) is 0 Å². The molecule has 0 aliphatic rings. The van der Waals surface area contributed by atoms with Crippen molar-refractivity contribution in [1.29, 1.82) is 0 Å². The van der Waals surface area contributed by atoms with Crippen molar-refractivity contribution < 1.29 is 9.52 Å². The lowest BCUT2D eigenvalue weighted by molar-refractivity contribution is 0.472. The second-order valence-corrected chi connectivity index (χ2v) is 3.31. The van der Waals surface area contributed by atoms with Gasteiger partial charge in [0.15, 0.2) is 0 Å². The topological polar surface area (TPSA) is 33.4 Å². The first-order valence-electron chi connectivity index (χ1n) is 4.56. The van der Waals surface area contributed by atoms with E-state index in [4.69, 9.17) is 4.42 Å².